The molecule has 1 aliphatic carbocycles. The monoisotopic (exact) mass is 280 g/mol. The van der Waals surface area contributed by atoms with Crippen molar-refractivity contribution < 1.29 is 14.6 Å². The number of aromatic hydroxyl groups is 1. The van der Waals surface area contributed by atoms with Crippen molar-refractivity contribution in [1.82, 2.24) is 0 Å². The third-order valence-electron chi connectivity index (χ3n) is 3.76. The predicted octanol–water partition coefficient (Wildman–Crippen LogP) is 3.59. The van der Waals surface area contributed by atoms with Crippen LogP contribution in [0.4, 0.5) is 0 Å². The maximum atomic E-state index is 11.5. The molecule has 3 nitrogen and oxygen atoms in total. The van der Waals surface area contributed by atoms with Crippen molar-refractivity contribution >= 4 is 17.7 Å². The lowest BCUT2D eigenvalue weighted by Gasteiger charge is -2.40. The molecule has 0 spiro atoms. The van der Waals surface area contributed by atoms with E-state index in [0.717, 1.165) is 28.9 Å². The first-order chi connectivity index (χ1) is 8.96. The second kappa shape index (κ2) is 5.45. The first-order valence-electron chi connectivity index (χ1n) is 6.52. The van der Waals surface area contributed by atoms with E-state index in [9.17, 15) is 9.90 Å². The van der Waals surface area contributed by atoms with Crippen molar-refractivity contribution in [2.45, 2.75) is 49.2 Å². The fourth-order valence-corrected chi connectivity index (χ4v) is 4.10. The van der Waals surface area contributed by atoms with Gasteiger partial charge in [0.15, 0.2) is 0 Å². The maximum absolute atomic E-state index is 11.5. The summed E-state index contributed by atoms with van der Waals surface area (Å²) in [6.07, 6.45) is 3.73. The van der Waals surface area contributed by atoms with Crippen molar-refractivity contribution in [3.63, 3.8) is 0 Å². The summed E-state index contributed by atoms with van der Waals surface area (Å²) < 4.78 is 4.78. The van der Waals surface area contributed by atoms with E-state index in [1.165, 1.54) is 13.5 Å². The van der Waals surface area contributed by atoms with Crippen molar-refractivity contribution in [2.24, 2.45) is 0 Å². The van der Waals surface area contributed by atoms with Gasteiger partial charge in [-0.1, -0.05) is 6.42 Å². The van der Waals surface area contributed by atoms with Crippen LogP contribution in [0.3, 0.4) is 0 Å². The summed E-state index contributed by atoms with van der Waals surface area (Å²) in [7, 11) is 1.44. The van der Waals surface area contributed by atoms with Gasteiger partial charge in [0.25, 0.3) is 0 Å². The molecule has 0 aromatic heterocycles. The number of esters is 1. The Balaban J connectivity index is 2.17. The largest absolute Gasteiger partial charge is 0.507 e. The van der Waals surface area contributed by atoms with E-state index in [1.54, 1.807) is 11.8 Å². The molecule has 0 unspecified atom stereocenters. The highest BCUT2D eigenvalue weighted by Gasteiger charge is 2.40. The minimum absolute atomic E-state index is 0.0110. The number of aryl methyl sites for hydroxylation is 2. The molecule has 0 amide bonds. The molecule has 104 valence electrons. The van der Waals surface area contributed by atoms with Gasteiger partial charge < -0.3 is 9.84 Å². The molecule has 1 fully saturated rings. The summed E-state index contributed by atoms with van der Waals surface area (Å²) >= 11 is 1.75. The highest BCUT2D eigenvalue weighted by atomic mass is 32.2. The Morgan fingerprint density at radius 3 is 2.37 bits per heavy atom. The lowest BCUT2D eigenvalue weighted by atomic mass is 9.82. The number of carbonyl (C=O) groups excluding carboxylic acids is 1. The number of hydrogen-bond acceptors (Lipinski definition) is 4. The van der Waals surface area contributed by atoms with Gasteiger partial charge in [-0.3, -0.25) is 4.79 Å². The van der Waals surface area contributed by atoms with E-state index in [-0.39, 0.29) is 10.7 Å². The molecule has 0 bridgehead atoms. The molecular formula is C15H20O3S. The molecule has 1 aliphatic rings. The summed E-state index contributed by atoms with van der Waals surface area (Å²) in [6, 6.07) is 3.98. The van der Waals surface area contributed by atoms with Gasteiger partial charge in [-0.2, -0.15) is 0 Å². The van der Waals surface area contributed by atoms with Gasteiger partial charge in [0.05, 0.1) is 13.5 Å². The van der Waals surface area contributed by atoms with Crippen LogP contribution in [-0.2, 0) is 9.53 Å². The van der Waals surface area contributed by atoms with Crippen LogP contribution in [0.25, 0.3) is 0 Å². The number of phenols is 1. The van der Waals surface area contributed by atoms with Crippen molar-refractivity contribution in [3.8, 4) is 5.75 Å². The fourth-order valence-electron chi connectivity index (χ4n) is 2.45. The molecule has 1 saturated carbocycles. The zero-order valence-corrected chi connectivity index (χ0v) is 12.5. The van der Waals surface area contributed by atoms with E-state index < -0.39 is 0 Å². The normalized spacial score (nSPS) is 16.8. The molecule has 0 radical (unpaired) electrons. The van der Waals surface area contributed by atoms with E-state index in [0.29, 0.717) is 12.2 Å². The third-order valence-corrected chi connectivity index (χ3v) is 5.21. The minimum atomic E-state index is -0.139. The molecule has 0 aliphatic heterocycles. The number of thioether (sulfide) groups is 1. The Hall–Kier alpha value is -1.16. The highest BCUT2D eigenvalue weighted by molar-refractivity contribution is 8.00. The lowest BCUT2D eigenvalue weighted by molar-refractivity contribution is -0.141. The smallest absolute Gasteiger partial charge is 0.306 e. The summed E-state index contributed by atoms with van der Waals surface area (Å²) in [4.78, 5) is 12.6. The van der Waals surface area contributed by atoms with Gasteiger partial charge in [-0.25, -0.2) is 0 Å². The Morgan fingerprint density at radius 2 is 1.95 bits per heavy atom. The SMILES string of the molecule is COC(=O)CC1(Sc2cc(C)c(O)c(C)c2)CCC1. The number of methoxy groups -OCH3 is 1. The molecule has 0 atom stereocenters. The molecule has 1 aromatic rings. The van der Waals surface area contributed by atoms with Crippen molar-refractivity contribution in [1.29, 1.82) is 0 Å². The van der Waals surface area contributed by atoms with E-state index in [1.807, 2.05) is 26.0 Å². The number of benzene rings is 1. The molecule has 4 heteroatoms. The first-order valence-corrected chi connectivity index (χ1v) is 7.33. The van der Waals surface area contributed by atoms with Crippen LogP contribution in [0.2, 0.25) is 0 Å². The predicted molar refractivity (Wildman–Crippen MR) is 76.7 cm³/mol. The zero-order chi connectivity index (χ0) is 14.0. The van der Waals surface area contributed by atoms with Gasteiger partial charge in [-0.15, -0.1) is 11.8 Å². The maximum Gasteiger partial charge on any atom is 0.306 e. The van der Waals surface area contributed by atoms with Crippen LogP contribution in [0.5, 0.6) is 5.75 Å². The Bertz CT molecular complexity index is 469. The van der Waals surface area contributed by atoms with Crippen LogP contribution in [0.1, 0.15) is 36.8 Å². The second-order valence-corrected chi connectivity index (χ2v) is 6.84. The molecule has 2 rings (SSSR count). The van der Waals surface area contributed by atoms with E-state index in [4.69, 9.17) is 4.74 Å². The highest BCUT2D eigenvalue weighted by Crippen LogP contribution is 2.50. The standard InChI is InChI=1S/C15H20O3S/c1-10-7-12(8-11(2)14(10)17)19-15(5-4-6-15)9-13(16)18-3/h7-8,17H,4-6,9H2,1-3H3. The number of phenolic OH excluding ortho intramolecular Hbond substituents is 1. The van der Waals surface area contributed by atoms with Crippen LogP contribution in [0.15, 0.2) is 17.0 Å². The Morgan fingerprint density at radius 1 is 1.37 bits per heavy atom. The summed E-state index contributed by atoms with van der Waals surface area (Å²) in [6.45, 7) is 3.81. The second-order valence-electron chi connectivity index (χ2n) is 5.30. The summed E-state index contributed by atoms with van der Waals surface area (Å²) in [5.74, 6) is 0.222. The van der Waals surface area contributed by atoms with Crippen LogP contribution >= 0.6 is 11.8 Å². The zero-order valence-electron chi connectivity index (χ0n) is 11.7. The molecular weight excluding hydrogens is 260 g/mol. The average Bonchev–Trinajstić information content (AvgIpc) is 2.32. The van der Waals surface area contributed by atoms with Gasteiger partial charge in [0.1, 0.15) is 5.75 Å². The fraction of sp³-hybridized carbons (Fsp3) is 0.533. The number of carbonyl (C=O) groups is 1. The Labute approximate surface area is 118 Å². The van der Waals surface area contributed by atoms with Crippen molar-refractivity contribution in [3.05, 3.63) is 23.3 Å². The van der Waals surface area contributed by atoms with Crippen LogP contribution in [-0.4, -0.2) is 22.9 Å². The van der Waals surface area contributed by atoms with Crippen LogP contribution < -0.4 is 0 Å². The number of rotatable bonds is 4. The van der Waals surface area contributed by atoms with Crippen LogP contribution in [0, 0.1) is 13.8 Å². The van der Waals surface area contributed by atoms with Gasteiger partial charge in [-0.05, 0) is 49.9 Å². The Kier molecular flexibility index (Phi) is 4.09. The lowest BCUT2D eigenvalue weighted by Crippen LogP contribution is -2.36. The minimum Gasteiger partial charge on any atom is -0.507 e. The molecule has 0 saturated heterocycles. The third kappa shape index (κ3) is 3.06. The molecule has 0 heterocycles. The number of ether oxygens (including phenoxy) is 1. The topological polar surface area (TPSA) is 46.5 Å². The van der Waals surface area contributed by atoms with Gasteiger partial charge in [0, 0.05) is 9.64 Å². The van der Waals surface area contributed by atoms with E-state index >= 15 is 0 Å². The molecule has 19 heavy (non-hydrogen) atoms. The summed E-state index contributed by atoms with van der Waals surface area (Å²) in [5, 5.41) is 9.80. The van der Waals surface area contributed by atoms with Gasteiger partial charge in [0.2, 0.25) is 0 Å². The van der Waals surface area contributed by atoms with Crippen molar-refractivity contribution in [2.75, 3.05) is 7.11 Å². The molecule has 1 aromatic carbocycles. The number of hydrogen-bond donors (Lipinski definition) is 1. The summed E-state index contributed by atoms with van der Waals surface area (Å²) in [5.41, 5.74) is 1.77. The molecule has 1 N–H and O–H groups in total. The average molecular weight is 280 g/mol. The van der Waals surface area contributed by atoms with E-state index in [2.05, 4.69) is 0 Å². The van der Waals surface area contributed by atoms with Gasteiger partial charge >= 0.3 is 5.97 Å². The first kappa shape index (κ1) is 14.3. The quantitative estimate of drug-likeness (QED) is 0.856.